The van der Waals surface area contributed by atoms with E-state index in [1.807, 2.05) is 30.3 Å². The van der Waals surface area contributed by atoms with Crippen LogP contribution >= 0.6 is 0 Å². The van der Waals surface area contributed by atoms with Crippen molar-refractivity contribution >= 4 is 11.6 Å². The number of rotatable bonds is 4. The minimum atomic E-state index is -0.246. The molecule has 1 saturated carbocycles. The Kier molecular flexibility index (Phi) is 4.98. The molecule has 0 spiro atoms. The number of benzene rings is 1. The van der Waals surface area contributed by atoms with Crippen LogP contribution in [0.2, 0.25) is 0 Å². The summed E-state index contributed by atoms with van der Waals surface area (Å²) in [6.45, 7) is 4.32. The van der Waals surface area contributed by atoms with Crippen LogP contribution in [-0.2, 0) is 11.3 Å². The Balaban J connectivity index is 1.60. The summed E-state index contributed by atoms with van der Waals surface area (Å²) in [5.74, 6) is 1.10. The lowest BCUT2D eigenvalue weighted by molar-refractivity contribution is -0.122. The molecule has 0 bridgehead atoms. The molecule has 0 aliphatic heterocycles. The summed E-state index contributed by atoms with van der Waals surface area (Å²) in [7, 11) is 0. The lowest BCUT2D eigenvalue weighted by Crippen LogP contribution is -2.31. The van der Waals surface area contributed by atoms with Crippen LogP contribution in [0, 0.1) is 11.8 Å². The number of hydrogen-bond donors (Lipinski definition) is 1. The number of tetrazole rings is 1. The van der Waals surface area contributed by atoms with Crippen LogP contribution in [0.5, 0.6) is 0 Å². The Hall–Kier alpha value is -2.57. The smallest absolute Gasteiger partial charge is 0.263 e. The maximum Gasteiger partial charge on any atom is 0.263 e. The standard InChI is InChI=1S/C17H22N6O/c1-12-7-6-8-13(2)16(12)19-18-15(24)11-23-21-17(20-22-23)14-9-4-3-5-10-14/h3-5,9-10,12-13H,6-8,11H2,1-2H3,(H,18,24)/t12-,13-/m1/s1. The van der Waals surface area contributed by atoms with Crippen molar-refractivity contribution in [3.05, 3.63) is 30.3 Å². The highest BCUT2D eigenvalue weighted by molar-refractivity contribution is 5.90. The molecule has 2 aromatic rings. The second kappa shape index (κ2) is 7.33. The van der Waals surface area contributed by atoms with Gasteiger partial charge in [-0.1, -0.05) is 50.6 Å². The average Bonchev–Trinajstić information content (AvgIpc) is 3.03. The Morgan fingerprint density at radius 2 is 1.96 bits per heavy atom. The molecule has 1 amide bonds. The third-order valence-corrected chi connectivity index (χ3v) is 4.36. The van der Waals surface area contributed by atoms with E-state index in [1.54, 1.807) is 0 Å². The molecule has 0 unspecified atom stereocenters. The lowest BCUT2D eigenvalue weighted by Gasteiger charge is -2.26. The Morgan fingerprint density at radius 1 is 1.25 bits per heavy atom. The number of hydrogen-bond acceptors (Lipinski definition) is 5. The molecular weight excluding hydrogens is 304 g/mol. The fourth-order valence-electron chi connectivity index (χ4n) is 3.04. The number of carbonyl (C=O) groups excluding carboxylic acids is 1. The first-order chi connectivity index (χ1) is 11.6. The van der Waals surface area contributed by atoms with Crippen LogP contribution in [-0.4, -0.2) is 31.8 Å². The first-order valence-electron chi connectivity index (χ1n) is 8.33. The highest BCUT2D eigenvalue weighted by Gasteiger charge is 2.23. The molecule has 0 radical (unpaired) electrons. The van der Waals surface area contributed by atoms with E-state index in [0.717, 1.165) is 24.1 Å². The maximum absolute atomic E-state index is 12.1. The van der Waals surface area contributed by atoms with Gasteiger partial charge in [-0.3, -0.25) is 4.79 Å². The Morgan fingerprint density at radius 3 is 2.67 bits per heavy atom. The topological polar surface area (TPSA) is 85.1 Å². The highest BCUT2D eigenvalue weighted by atomic mass is 16.2. The van der Waals surface area contributed by atoms with E-state index in [1.165, 1.54) is 11.2 Å². The van der Waals surface area contributed by atoms with Gasteiger partial charge >= 0.3 is 0 Å². The minimum Gasteiger partial charge on any atom is -0.271 e. The first-order valence-corrected chi connectivity index (χ1v) is 8.33. The fraction of sp³-hybridized carbons (Fsp3) is 0.471. The maximum atomic E-state index is 12.1. The summed E-state index contributed by atoms with van der Waals surface area (Å²) in [4.78, 5) is 13.4. The zero-order chi connectivity index (χ0) is 16.9. The molecule has 1 fully saturated rings. The highest BCUT2D eigenvalue weighted by Crippen LogP contribution is 2.25. The second-order valence-electron chi connectivity index (χ2n) is 6.31. The van der Waals surface area contributed by atoms with E-state index >= 15 is 0 Å². The molecule has 24 heavy (non-hydrogen) atoms. The predicted molar refractivity (Wildman–Crippen MR) is 91.0 cm³/mol. The number of carbonyl (C=O) groups is 1. The van der Waals surface area contributed by atoms with Crippen LogP contribution in [0.4, 0.5) is 0 Å². The van der Waals surface area contributed by atoms with E-state index < -0.39 is 0 Å². The van der Waals surface area contributed by atoms with E-state index in [0.29, 0.717) is 17.7 Å². The molecule has 3 rings (SSSR count). The van der Waals surface area contributed by atoms with Gasteiger partial charge in [0.05, 0.1) is 0 Å². The lowest BCUT2D eigenvalue weighted by atomic mass is 9.81. The van der Waals surface area contributed by atoms with Gasteiger partial charge in [-0.25, -0.2) is 5.43 Å². The average molecular weight is 326 g/mol. The van der Waals surface area contributed by atoms with Gasteiger partial charge in [-0.05, 0) is 29.9 Å². The number of amides is 1. The molecule has 126 valence electrons. The van der Waals surface area contributed by atoms with E-state index in [9.17, 15) is 4.79 Å². The van der Waals surface area contributed by atoms with Crippen molar-refractivity contribution < 1.29 is 4.79 Å². The predicted octanol–water partition coefficient (Wildman–Crippen LogP) is 2.27. The van der Waals surface area contributed by atoms with Crippen LogP contribution in [0.25, 0.3) is 11.4 Å². The summed E-state index contributed by atoms with van der Waals surface area (Å²) >= 11 is 0. The van der Waals surface area contributed by atoms with Crippen molar-refractivity contribution in [2.24, 2.45) is 16.9 Å². The van der Waals surface area contributed by atoms with Crippen molar-refractivity contribution in [3.63, 3.8) is 0 Å². The molecule has 1 aromatic carbocycles. The molecular formula is C17H22N6O. The molecule has 0 saturated heterocycles. The Labute approximate surface area is 141 Å². The third kappa shape index (κ3) is 3.84. The van der Waals surface area contributed by atoms with Crippen molar-refractivity contribution in [2.45, 2.75) is 39.7 Å². The monoisotopic (exact) mass is 326 g/mol. The summed E-state index contributed by atoms with van der Waals surface area (Å²) in [5.41, 5.74) is 4.58. The van der Waals surface area contributed by atoms with Crippen molar-refractivity contribution in [1.82, 2.24) is 25.6 Å². The molecule has 1 N–H and O–H groups in total. The number of nitrogens with zero attached hydrogens (tertiary/aromatic N) is 5. The first kappa shape index (κ1) is 16.3. The minimum absolute atomic E-state index is 0.000620. The molecule has 1 heterocycles. The zero-order valence-electron chi connectivity index (χ0n) is 14.0. The van der Waals surface area contributed by atoms with E-state index in [-0.39, 0.29) is 12.5 Å². The molecule has 1 aromatic heterocycles. The van der Waals surface area contributed by atoms with Gasteiger partial charge in [0, 0.05) is 11.3 Å². The summed E-state index contributed by atoms with van der Waals surface area (Å²) in [6.07, 6.45) is 3.48. The van der Waals surface area contributed by atoms with Crippen LogP contribution in [0.1, 0.15) is 33.1 Å². The van der Waals surface area contributed by atoms with Crippen molar-refractivity contribution in [2.75, 3.05) is 0 Å². The SMILES string of the molecule is C[C@@H]1CCC[C@@H](C)C1=NNC(=O)Cn1nnc(-c2ccccc2)n1. The van der Waals surface area contributed by atoms with Crippen molar-refractivity contribution in [3.8, 4) is 11.4 Å². The number of hydrazone groups is 1. The molecule has 2 atom stereocenters. The van der Waals surface area contributed by atoms with Gasteiger partial charge in [0.2, 0.25) is 5.82 Å². The van der Waals surface area contributed by atoms with Crippen LogP contribution in [0.15, 0.2) is 35.4 Å². The van der Waals surface area contributed by atoms with Gasteiger partial charge in [0.25, 0.3) is 5.91 Å². The second-order valence-corrected chi connectivity index (χ2v) is 6.31. The van der Waals surface area contributed by atoms with Gasteiger partial charge in [0.1, 0.15) is 6.54 Å². The van der Waals surface area contributed by atoms with Gasteiger partial charge in [-0.2, -0.15) is 9.90 Å². The van der Waals surface area contributed by atoms with Gasteiger partial charge in [0.15, 0.2) is 0 Å². The quantitative estimate of drug-likeness (QED) is 0.873. The van der Waals surface area contributed by atoms with Gasteiger partial charge in [-0.15, -0.1) is 10.2 Å². The number of aromatic nitrogens is 4. The molecule has 7 heteroatoms. The normalized spacial score (nSPS) is 20.7. The van der Waals surface area contributed by atoms with Crippen molar-refractivity contribution in [1.29, 1.82) is 0 Å². The number of nitrogens with one attached hydrogen (secondary N) is 1. The summed E-state index contributed by atoms with van der Waals surface area (Å²) in [6, 6.07) is 9.54. The summed E-state index contributed by atoms with van der Waals surface area (Å²) in [5, 5.41) is 16.5. The zero-order valence-corrected chi connectivity index (χ0v) is 14.0. The molecule has 1 aliphatic rings. The third-order valence-electron chi connectivity index (χ3n) is 4.36. The molecule has 1 aliphatic carbocycles. The van der Waals surface area contributed by atoms with E-state index in [2.05, 4.69) is 39.8 Å². The van der Waals surface area contributed by atoms with E-state index in [4.69, 9.17) is 0 Å². The largest absolute Gasteiger partial charge is 0.271 e. The summed E-state index contributed by atoms with van der Waals surface area (Å²) < 4.78 is 0. The van der Waals surface area contributed by atoms with Gasteiger partial charge < -0.3 is 0 Å². The van der Waals surface area contributed by atoms with Crippen LogP contribution < -0.4 is 5.43 Å². The fourth-order valence-corrected chi connectivity index (χ4v) is 3.04. The Bertz CT molecular complexity index is 712. The molecule has 7 nitrogen and oxygen atoms in total. The van der Waals surface area contributed by atoms with Crippen LogP contribution in [0.3, 0.4) is 0 Å².